The Morgan fingerprint density at radius 1 is 1.44 bits per heavy atom. The van der Waals surface area contributed by atoms with Crippen molar-refractivity contribution in [3.05, 3.63) is 41.9 Å². The number of methoxy groups -OCH3 is 1. The quantitative estimate of drug-likeness (QED) is 0.880. The van der Waals surface area contributed by atoms with E-state index in [0.717, 1.165) is 24.9 Å². The molecule has 18 heavy (non-hydrogen) atoms. The van der Waals surface area contributed by atoms with Gasteiger partial charge in [0.15, 0.2) is 0 Å². The molecule has 0 fully saturated rings. The normalized spacial score (nSPS) is 18.4. The molecule has 1 aliphatic rings. The van der Waals surface area contributed by atoms with Crippen LogP contribution in [0.1, 0.15) is 30.1 Å². The van der Waals surface area contributed by atoms with E-state index < -0.39 is 0 Å². The fourth-order valence-corrected chi connectivity index (χ4v) is 2.63. The van der Waals surface area contributed by atoms with E-state index in [1.165, 1.54) is 11.3 Å². The highest BCUT2D eigenvalue weighted by atomic mass is 16.5. The van der Waals surface area contributed by atoms with Crippen molar-refractivity contribution < 1.29 is 4.74 Å². The number of nitrogens with two attached hydrogens (primary N) is 1. The number of nitrogens with zero attached hydrogens (tertiary/aromatic N) is 2. The van der Waals surface area contributed by atoms with Gasteiger partial charge in [-0.15, -0.1) is 0 Å². The standard InChI is InChI=1S/C14H17N3O/c1-18-14-9-10(5-7-16-14)17-8-6-11-12(15)3-2-4-13(11)17/h5-9,12H,2-4,15H2,1H3. The molecule has 0 saturated carbocycles. The van der Waals surface area contributed by atoms with Gasteiger partial charge < -0.3 is 15.0 Å². The molecule has 2 N–H and O–H groups in total. The van der Waals surface area contributed by atoms with Gasteiger partial charge in [-0.25, -0.2) is 4.98 Å². The summed E-state index contributed by atoms with van der Waals surface area (Å²) in [6.07, 6.45) is 7.17. The molecule has 4 nitrogen and oxygen atoms in total. The molecular weight excluding hydrogens is 226 g/mol. The van der Waals surface area contributed by atoms with Gasteiger partial charge in [0.2, 0.25) is 5.88 Å². The predicted molar refractivity (Wildman–Crippen MR) is 70.0 cm³/mol. The lowest BCUT2D eigenvalue weighted by Crippen LogP contribution is -2.17. The summed E-state index contributed by atoms with van der Waals surface area (Å²) in [5.41, 5.74) is 9.82. The molecule has 0 spiro atoms. The molecule has 2 aromatic heterocycles. The second-order valence-electron chi connectivity index (χ2n) is 4.64. The minimum atomic E-state index is 0.179. The molecule has 0 radical (unpaired) electrons. The van der Waals surface area contributed by atoms with Crippen LogP contribution in [0, 0.1) is 0 Å². The van der Waals surface area contributed by atoms with Gasteiger partial charge in [0.05, 0.1) is 12.8 Å². The van der Waals surface area contributed by atoms with Crippen molar-refractivity contribution in [3.63, 3.8) is 0 Å². The van der Waals surface area contributed by atoms with Crippen molar-refractivity contribution in [2.75, 3.05) is 7.11 Å². The maximum atomic E-state index is 6.14. The molecule has 2 heterocycles. The molecule has 1 unspecified atom stereocenters. The molecule has 0 aliphatic heterocycles. The van der Waals surface area contributed by atoms with E-state index in [1.54, 1.807) is 13.3 Å². The van der Waals surface area contributed by atoms with Gasteiger partial charge in [-0.2, -0.15) is 0 Å². The van der Waals surface area contributed by atoms with E-state index >= 15 is 0 Å². The highest BCUT2D eigenvalue weighted by molar-refractivity contribution is 5.41. The molecule has 3 rings (SSSR count). The maximum Gasteiger partial charge on any atom is 0.215 e. The molecule has 0 aromatic carbocycles. The molecule has 4 heteroatoms. The zero-order valence-electron chi connectivity index (χ0n) is 10.5. The van der Waals surface area contributed by atoms with E-state index in [-0.39, 0.29) is 6.04 Å². The fraction of sp³-hybridized carbons (Fsp3) is 0.357. The van der Waals surface area contributed by atoms with Gasteiger partial charge in [0, 0.05) is 30.2 Å². The number of hydrogen-bond donors (Lipinski definition) is 1. The minimum absolute atomic E-state index is 0.179. The minimum Gasteiger partial charge on any atom is -0.481 e. The van der Waals surface area contributed by atoms with Gasteiger partial charge in [-0.05, 0) is 37.0 Å². The van der Waals surface area contributed by atoms with Crippen molar-refractivity contribution in [2.45, 2.75) is 25.3 Å². The highest BCUT2D eigenvalue weighted by Crippen LogP contribution is 2.30. The summed E-state index contributed by atoms with van der Waals surface area (Å²) in [5, 5.41) is 0. The van der Waals surface area contributed by atoms with Gasteiger partial charge in [0.1, 0.15) is 0 Å². The third kappa shape index (κ3) is 1.78. The van der Waals surface area contributed by atoms with Crippen LogP contribution in [0.3, 0.4) is 0 Å². The molecule has 1 atom stereocenters. The Bertz CT molecular complexity index is 562. The Labute approximate surface area is 106 Å². The number of rotatable bonds is 2. The topological polar surface area (TPSA) is 53.1 Å². The molecular formula is C14H17N3O. The predicted octanol–water partition coefficient (Wildman–Crippen LogP) is 2.22. The SMILES string of the molecule is COc1cc(-n2ccc3c2CCCC3N)ccn1. The Morgan fingerprint density at radius 2 is 2.33 bits per heavy atom. The first-order valence-electron chi connectivity index (χ1n) is 6.25. The van der Waals surface area contributed by atoms with Crippen molar-refractivity contribution in [1.82, 2.24) is 9.55 Å². The van der Waals surface area contributed by atoms with Crippen LogP contribution < -0.4 is 10.5 Å². The number of pyridine rings is 1. The summed E-state index contributed by atoms with van der Waals surface area (Å²) < 4.78 is 7.36. The van der Waals surface area contributed by atoms with E-state index in [4.69, 9.17) is 10.5 Å². The van der Waals surface area contributed by atoms with Crippen LogP contribution in [0.4, 0.5) is 0 Å². The lowest BCUT2D eigenvalue weighted by molar-refractivity contribution is 0.397. The van der Waals surface area contributed by atoms with Crippen LogP contribution in [0.25, 0.3) is 5.69 Å². The van der Waals surface area contributed by atoms with E-state index in [9.17, 15) is 0 Å². The second-order valence-corrected chi connectivity index (χ2v) is 4.64. The van der Waals surface area contributed by atoms with Crippen LogP contribution in [0.2, 0.25) is 0 Å². The monoisotopic (exact) mass is 243 g/mol. The smallest absolute Gasteiger partial charge is 0.215 e. The lowest BCUT2D eigenvalue weighted by Gasteiger charge is -2.21. The van der Waals surface area contributed by atoms with Crippen LogP contribution in [0.15, 0.2) is 30.6 Å². The van der Waals surface area contributed by atoms with Crippen molar-refractivity contribution in [3.8, 4) is 11.6 Å². The Balaban J connectivity index is 2.06. The van der Waals surface area contributed by atoms with Crippen LogP contribution in [0.5, 0.6) is 5.88 Å². The molecule has 1 aliphatic carbocycles. The van der Waals surface area contributed by atoms with E-state index in [1.807, 2.05) is 12.1 Å². The number of fused-ring (bicyclic) bond motifs is 1. The third-order valence-corrected chi connectivity index (χ3v) is 3.56. The first-order valence-corrected chi connectivity index (χ1v) is 6.25. The zero-order valence-corrected chi connectivity index (χ0v) is 10.5. The summed E-state index contributed by atoms with van der Waals surface area (Å²) in [7, 11) is 1.63. The Morgan fingerprint density at radius 3 is 3.17 bits per heavy atom. The average Bonchev–Trinajstić information content (AvgIpc) is 2.84. The van der Waals surface area contributed by atoms with Gasteiger partial charge >= 0.3 is 0 Å². The summed E-state index contributed by atoms with van der Waals surface area (Å²) in [5.74, 6) is 0.634. The molecule has 0 saturated heterocycles. The van der Waals surface area contributed by atoms with E-state index in [2.05, 4.69) is 21.8 Å². The first-order chi connectivity index (χ1) is 8.79. The van der Waals surface area contributed by atoms with E-state index in [0.29, 0.717) is 5.88 Å². The van der Waals surface area contributed by atoms with Crippen LogP contribution >= 0.6 is 0 Å². The van der Waals surface area contributed by atoms with Crippen molar-refractivity contribution >= 4 is 0 Å². The molecule has 2 aromatic rings. The van der Waals surface area contributed by atoms with Crippen LogP contribution in [-0.4, -0.2) is 16.7 Å². The zero-order chi connectivity index (χ0) is 12.5. The molecule has 0 bridgehead atoms. The lowest BCUT2D eigenvalue weighted by atomic mass is 9.93. The fourth-order valence-electron chi connectivity index (χ4n) is 2.63. The van der Waals surface area contributed by atoms with Gasteiger partial charge in [0.25, 0.3) is 0 Å². The number of hydrogen-bond acceptors (Lipinski definition) is 3. The Hall–Kier alpha value is -1.81. The second kappa shape index (κ2) is 4.46. The van der Waals surface area contributed by atoms with Gasteiger partial charge in [-0.1, -0.05) is 0 Å². The van der Waals surface area contributed by atoms with Crippen molar-refractivity contribution in [2.24, 2.45) is 5.73 Å². The van der Waals surface area contributed by atoms with Crippen molar-refractivity contribution in [1.29, 1.82) is 0 Å². The van der Waals surface area contributed by atoms with Gasteiger partial charge in [-0.3, -0.25) is 0 Å². The third-order valence-electron chi connectivity index (χ3n) is 3.56. The summed E-state index contributed by atoms with van der Waals surface area (Å²) >= 11 is 0. The number of ether oxygens (including phenoxy) is 1. The highest BCUT2D eigenvalue weighted by Gasteiger charge is 2.20. The molecule has 94 valence electrons. The summed E-state index contributed by atoms with van der Waals surface area (Å²) in [4.78, 5) is 4.13. The largest absolute Gasteiger partial charge is 0.481 e. The maximum absolute atomic E-state index is 6.14. The first kappa shape index (κ1) is 11.3. The molecule has 0 amide bonds. The summed E-state index contributed by atoms with van der Waals surface area (Å²) in [6, 6.07) is 6.24. The summed E-state index contributed by atoms with van der Waals surface area (Å²) in [6.45, 7) is 0. The Kier molecular flexibility index (Phi) is 2.80. The van der Waals surface area contributed by atoms with Crippen LogP contribution in [-0.2, 0) is 6.42 Å². The average molecular weight is 243 g/mol. The number of aromatic nitrogens is 2.